The van der Waals surface area contributed by atoms with Crippen LogP contribution in [0.1, 0.15) is 49.7 Å². The van der Waals surface area contributed by atoms with E-state index >= 15 is 0 Å². The lowest BCUT2D eigenvalue weighted by Gasteiger charge is -2.33. The standard InChI is InChI=1S/C15H25NO2S/c1-3-18-15(12-7-5-4-6-8-12)13(17)9-14-16-11(2)10-19-14/h10,12-13,15,17H,3-9H2,1-2H3. The largest absolute Gasteiger partial charge is 0.390 e. The molecule has 4 heteroatoms. The van der Waals surface area contributed by atoms with Crippen LogP contribution in [0.4, 0.5) is 0 Å². The molecule has 0 radical (unpaired) electrons. The van der Waals surface area contributed by atoms with Gasteiger partial charge in [0.1, 0.15) is 0 Å². The number of aromatic nitrogens is 1. The van der Waals surface area contributed by atoms with Gasteiger partial charge in [0.05, 0.1) is 17.2 Å². The molecular weight excluding hydrogens is 258 g/mol. The number of nitrogens with zero attached hydrogens (tertiary/aromatic N) is 1. The van der Waals surface area contributed by atoms with Crippen LogP contribution in [0.2, 0.25) is 0 Å². The average Bonchev–Trinajstić information content (AvgIpc) is 2.82. The maximum absolute atomic E-state index is 10.5. The summed E-state index contributed by atoms with van der Waals surface area (Å²) < 4.78 is 5.85. The van der Waals surface area contributed by atoms with Crippen molar-refractivity contribution in [1.82, 2.24) is 4.98 Å². The van der Waals surface area contributed by atoms with Gasteiger partial charge in [-0.2, -0.15) is 0 Å². The molecule has 108 valence electrons. The summed E-state index contributed by atoms with van der Waals surface area (Å²) in [6, 6.07) is 0. The summed E-state index contributed by atoms with van der Waals surface area (Å²) in [5.74, 6) is 0.518. The van der Waals surface area contributed by atoms with Gasteiger partial charge in [0, 0.05) is 24.1 Å². The normalized spacial score (nSPS) is 20.4. The molecular formula is C15H25NO2S. The maximum Gasteiger partial charge on any atom is 0.0954 e. The Bertz CT molecular complexity index is 374. The van der Waals surface area contributed by atoms with Crippen molar-refractivity contribution in [3.8, 4) is 0 Å². The number of aliphatic hydroxyl groups is 1. The third-order valence-electron chi connectivity index (χ3n) is 3.90. The zero-order valence-electron chi connectivity index (χ0n) is 12.0. The highest BCUT2D eigenvalue weighted by Gasteiger charge is 2.30. The minimum absolute atomic E-state index is 0.0190. The second kappa shape index (κ2) is 7.36. The van der Waals surface area contributed by atoms with Gasteiger partial charge in [-0.25, -0.2) is 4.98 Å². The summed E-state index contributed by atoms with van der Waals surface area (Å²) in [6.45, 7) is 4.68. The molecule has 1 N–H and O–H groups in total. The van der Waals surface area contributed by atoms with Crippen molar-refractivity contribution in [2.45, 2.75) is 64.6 Å². The summed E-state index contributed by atoms with van der Waals surface area (Å²) in [5.41, 5.74) is 1.04. The quantitative estimate of drug-likeness (QED) is 0.870. The summed E-state index contributed by atoms with van der Waals surface area (Å²) in [4.78, 5) is 4.44. The topological polar surface area (TPSA) is 42.4 Å². The molecule has 0 amide bonds. The lowest BCUT2D eigenvalue weighted by atomic mass is 9.82. The van der Waals surface area contributed by atoms with E-state index in [9.17, 15) is 5.11 Å². The number of hydrogen-bond donors (Lipinski definition) is 1. The van der Waals surface area contributed by atoms with Crippen LogP contribution in [-0.2, 0) is 11.2 Å². The minimum atomic E-state index is -0.423. The first-order valence-corrected chi connectivity index (χ1v) is 8.29. The predicted octanol–water partition coefficient (Wildman–Crippen LogP) is 3.34. The van der Waals surface area contributed by atoms with Gasteiger partial charge in [-0.1, -0.05) is 19.3 Å². The van der Waals surface area contributed by atoms with Crippen LogP contribution in [-0.4, -0.2) is 28.9 Å². The minimum Gasteiger partial charge on any atom is -0.390 e. The Labute approximate surface area is 120 Å². The van der Waals surface area contributed by atoms with Crippen molar-refractivity contribution in [2.24, 2.45) is 5.92 Å². The van der Waals surface area contributed by atoms with Gasteiger partial charge in [-0.05, 0) is 32.6 Å². The van der Waals surface area contributed by atoms with Crippen molar-refractivity contribution in [3.05, 3.63) is 16.1 Å². The Kier molecular flexibility index (Phi) is 5.79. The van der Waals surface area contributed by atoms with Gasteiger partial charge in [-0.3, -0.25) is 0 Å². The van der Waals surface area contributed by atoms with Crippen molar-refractivity contribution < 1.29 is 9.84 Å². The predicted molar refractivity (Wildman–Crippen MR) is 78.6 cm³/mol. The van der Waals surface area contributed by atoms with E-state index in [0.29, 0.717) is 18.9 Å². The van der Waals surface area contributed by atoms with Gasteiger partial charge in [-0.15, -0.1) is 11.3 Å². The number of aliphatic hydroxyl groups excluding tert-OH is 1. The molecule has 0 aromatic carbocycles. The molecule has 19 heavy (non-hydrogen) atoms. The number of thiazole rings is 1. The number of ether oxygens (including phenoxy) is 1. The summed E-state index contributed by atoms with van der Waals surface area (Å²) in [7, 11) is 0. The van der Waals surface area contributed by atoms with Crippen molar-refractivity contribution >= 4 is 11.3 Å². The molecule has 2 unspecified atom stereocenters. The molecule has 1 saturated carbocycles. The first kappa shape index (κ1) is 14.9. The van der Waals surface area contributed by atoms with Crippen LogP contribution in [0.5, 0.6) is 0 Å². The van der Waals surface area contributed by atoms with E-state index in [1.807, 2.05) is 19.2 Å². The van der Waals surface area contributed by atoms with Gasteiger partial charge >= 0.3 is 0 Å². The maximum atomic E-state index is 10.5. The second-order valence-electron chi connectivity index (χ2n) is 5.47. The Morgan fingerprint density at radius 1 is 1.42 bits per heavy atom. The van der Waals surface area contributed by atoms with Gasteiger partial charge in [0.2, 0.25) is 0 Å². The smallest absolute Gasteiger partial charge is 0.0954 e. The van der Waals surface area contributed by atoms with E-state index in [1.54, 1.807) is 11.3 Å². The van der Waals surface area contributed by atoms with Crippen LogP contribution in [0.3, 0.4) is 0 Å². The van der Waals surface area contributed by atoms with Gasteiger partial charge in [0.15, 0.2) is 0 Å². The number of hydrogen-bond acceptors (Lipinski definition) is 4. The molecule has 1 aliphatic rings. The van der Waals surface area contributed by atoms with E-state index < -0.39 is 6.10 Å². The van der Waals surface area contributed by atoms with Crippen molar-refractivity contribution in [3.63, 3.8) is 0 Å². The van der Waals surface area contributed by atoms with Crippen LogP contribution in [0.25, 0.3) is 0 Å². The zero-order valence-corrected chi connectivity index (χ0v) is 12.8. The fraction of sp³-hybridized carbons (Fsp3) is 0.800. The van der Waals surface area contributed by atoms with Gasteiger partial charge < -0.3 is 9.84 Å². The van der Waals surface area contributed by atoms with E-state index in [-0.39, 0.29) is 6.10 Å². The monoisotopic (exact) mass is 283 g/mol. The van der Waals surface area contributed by atoms with Crippen molar-refractivity contribution in [2.75, 3.05) is 6.61 Å². The molecule has 0 bridgehead atoms. The Morgan fingerprint density at radius 2 is 2.16 bits per heavy atom. The fourth-order valence-electron chi connectivity index (χ4n) is 3.01. The van der Waals surface area contributed by atoms with Crippen molar-refractivity contribution in [1.29, 1.82) is 0 Å². The Balaban J connectivity index is 1.96. The summed E-state index contributed by atoms with van der Waals surface area (Å²) in [5, 5.41) is 13.6. The van der Waals surface area contributed by atoms with E-state index in [4.69, 9.17) is 4.74 Å². The lowest BCUT2D eigenvalue weighted by molar-refractivity contribution is -0.0715. The molecule has 1 aliphatic carbocycles. The van der Waals surface area contributed by atoms with Crippen LogP contribution < -0.4 is 0 Å². The molecule has 1 aromatic rings. The van der Waals surface area contributed by atoms with Crippen LogP contribution in [0.15, 0.2) is 5.38 Å². The van der Waals surface area contributed by atoms with Crippen LogP contribution >= 0.6 is 11.3 Å². The Morgan fingerprint density at radius 3 is 2.74 bits per heavy atom. The highest BCUT2D eigenvalue weighted by molar-refractivity contribution is 7.09. The Hall–Kier alpha value is -0.450. The molecule has 0 spiro atoms. The van der Waals surface area contributed by atoms with E-state index in [0.717, 1.165) is 10.7 Å². The fourth-order valence-corrected chi connectivity index (χ4v) is 3.83. The number of rotatable bonds is 6. The molecule has 3 nitrogen and oxygen atoms in total. The molecule has 1 aromatic heterocycles. The first-order chi connectivity index (χ1) is 9.20. The molecule has 2 atom stereocenters. The zero-order chi connectivity index (χ0) is 13.7. The average molecular weight is 283 g/mol. The molecule has 0 aliphatic heterocycles. The highest BCUT2D eigenvalue weighted by atomic mass is 32.1. The van der Waals surface area contributed by atoms with E-state index in [1.165, 1.54) is 32.1 Å². The SMILES string of the molecule is CCOC(C(O)Cc1nc(C)cs1)C1CCCCC1. The summed E-state index contributed by atoms with van der Waals surface area (Å²) >= 11 is 1.63. The van der Waals surface area contributed by atoms with E-state index in [2.05, 4.69) is 4.98 Å². The van der Waals surface area contributed by atoms with Gasteiger partial charge in [0.25, 0.3) is 0 Å². The third kappa shape index (κ3) is 4.26. The third-order valence-corrected chi connectivity index (χ3v) is 4.89. The molecule has 2 rings (SSSR count). The molecule has 0 saturated heterocycles. The lowest BCUT2D eigenvalue weighted by Crippen LogP contribution is -2.38. The highest BCUT2D eigenvalue weighted by Crippen LogP contribution is 2.30. The number of aryl methyl sites for hydroxylation is 1. The second-order valence-corrected chi connectivity index (χ2v) is 6.41. The molecule has 1 fully saturated rings. The van der Waals surface area contributed by atoms with Crippen LogP contribution in [0, 0.1) is 12.8 Å². The summed E-state index contributed by atoms with van der Waals surface area (Å²) in [6.07, 6.45) is 6.45. The first-order valence-electron chi connectivity index (χ1n) is 7.41. The molecule has 1 heterocycles.